The Labute approximate surface area is 81.5 Å². The Hall–Kier alpha value is -0.120. The van der Waals surface area contributed by atoms with Gasteiger partial charge in [0.25, 0.3) is 0 Å². The third-order valence-corrected chi connectivity index (χ3v) is 2.79. The molecule has 0 aliphatic carbocycles. The van der Waals surface area contributed by atoms with Gasteiger partial charge in [0.2, 0.25) is 0 Å². The first-order valence-corrected chi connectivity index (χ1v) is 5.19. The van der Waals surface area contributed by atoms with E-state index in [4.69, 9.17) is 16.3 Å². The largest absolute Gasteiger partial charge is 0.381 e. The van der Waals surface area contributed by atoms with Crippen molar-refractivity contribution in [3.63, 3.8) is 0 Å². The number of ether oxygens (including phenoxy) is 1. The van der Waals surface area contributed by atoms with Gasteiger partial charge in [-0.1, -0.05) is 0 Å². The number of nitrogens with zero attached hydrogens (tertiary/aromatic N) is 1. The molecule has 0 bridgehead atoms. The quantitative estimate of drug-likeness (QED) is 0.705. The summed E-state index contributed by atoms with van der Waals surface area (Å²) in [6.07, 6.45) is 1.11. The van der Waals surface area contributed by atoms with E-state index in [9.17, 15) is 0 Å². The molecule has 1 unspecified atom stereocenters. The van der Waals surface area contributed by atoms with E-state index in [1.807, 2.05) is 12.3 Å². The lowest BCUT2D eigenvalue weighted by molar-refractivity contribution is 0.118. The van der Waals surface area contributed by atoms with Crippen LogP contribution >= 0.6 is 22.9 Å². The fourth-order valence-electron chi connectivity index (χ4n) is 0.833. The summed E-state index contributed by atoms with van der Waals surface area (Å²) in [6, 6.07) is 0. The van der Waals surface area contributed by atoms with Crippen LogP contribution in [-0.4, -0.2) is 18.2 Å². The van der Waals surface area contributed by atoms with E-state index in [0.29, 0.717) is 5.88 Å². The Morgan fingerprint density at radius 3 is 3.00 bits per heavy atom. The first kappa shape index (κ1) is 9.96. The standard InChI is InChI=1S/C8H12ClNOS/c1-6(11-2)3-8-10-7(4-9)5-12-8/h5-6H,3-4H2,1-2H3. The number of thiazole rings is 1. The zero-order valence-corrected chi connectivity index (χ0v) is 8.78. The van der Waals surface area contributed by atoms with E-state index in [2.05, 4.69) is 4.98 Å². The summed E-state index contributed by atoms with van der Waals surface area (Å²) in [7, 11) is 1.71. The van der Waals surface area contributed by atoms with Crippen molar-refractivity contribution < 1.29 is 4.74 Å². The maximum atomic E-state index is 5.62. The molecule has 1 heterocycles. The Bertz CT molecular complexity index is 239. The van der Waals surface area contributed by atoms with Gasteiger partial charge in [0.15, 0.2) is 0 Å². The summed E-state index contributed by atoms with van der Waals surface area (Å²) in [5, 5.41) is 3.09. The fraction of sp³-hybridized carbons (Fsp3) is 0.625. The zero-order valence-electron chi connectivity index (χ0n) is 7.21. The van der Waals surface area contributed by atoms with Crippen molar-refractivity contribution in [3.05, 3.63) is 16.1 Å². The number of methoxy groups -OCH3 is 1. The van der Waals surface area contributed by atoms with Crippen molar-refractivity contribution in [2.75, 3.05) is 7.11 Å². The first-order valence-electron chi connectivity index (χ1n) is 3.78. The van der Waals surface area contributed by atoms with Gasteiger partial charge >= 0.3 is 0 Å². The highest BCUT2D eigenvalue weighted by Gasteiger charge is 2.05. The van der Waals surface area contributed by atoms with E-state index < -0.39 is 0 Å². The highest BCUT2D eigenvalue weighted by atomic mass is 35.5. The second-order valence-electron chi connectivity index (χ2n) is 2.62. The molecule has 1 rings (SSSR count). The van der Waals surface area contributed by atoms with Crippen LogP contribution in [0.5, 0.6) is 0 Å². The van der Waals surface area contributed by atoms with Crippen molar-refractivity contribution in [1.29, 1.82) is 0 Å². The Kier molecular flexibility index (Phi) is 3.98. The summed E-state index contributed by atoms with van der Waals surface area (Å²) in [5.74, 6) is 0.498. The second kappa shape index (κ2) is 4.80. The number of halogens is 1. The topological polar surface area (TPSA) is 22.1 Å². The van der Waals surface area contributed by atoms with Gasteiger partial charge < -0.3 is 4.74 Å². The molecule has 0 fully saturated rings. The van der Waals surface area contributed by atoms with E-state index in [0.717, 1.165) is 17.1 Å². The molecule has 68 valence electrons. The van der Waals surface area contributed by atoms with Crippen molar-refractivity contribution in [2.24, 2.45) is 0 Å². The van der Waals surface area contributed by atoms with Crippen LogP contribution in [-0.2, 0) is 17.0 Å². The highest BCUT2D eigenvalue weighted by molar-refractivity contribution is 7.09. The summed E-state index contributed by atoms with van der Waals surface area (Å²) in [4.78, 5) is 4.32. The van der Waals surface area contributed by atoms with Gasteiger partial charge in [-0.15, -0.1) is 22.9 Å². The predicted molar refractivity (Wildman–Crippen MR) is 51.8 cm³/mol. The van der Waals surface area contributed by atoms with Gasteiger partial charge in [-0.2, -0.15) is 0 Å². The van der Waals surface area contributed by atoms with Crippen molar-refractivity contribution in [2.45, 2.75) is 25.3 Å². The summed E-state index contributed by atoms with van der Waals surface area (Å²) < 4.78 is 5.13. The average Bonchev–Trinajstić information content (AvgIpc) is 2.52. The van der Waals surface area contributed by atoms with Gasteiger partial charge in [0.05, 0.1) is 22.7 Å². The molecular formula is C8H12ClNOS. The molecule has 4 heteroatoms. The summed E-state index contributed by atoms with van der Waals surface area (Å²) in [5.41, 5.74) is 0.958. The number of rotatable bonds is 4. The Balaban J connectivity index is 2.52. The number of aromatic nitrogens is 1. The van der Waals surface area contributed by atoms with Crippen LogP contribution in [0.25, 0.3) is 0 Å². The van der Waals surface area contributed by atoms with Crippen LogP contribution in [0, 0.1) is 0 Å². The van der Waals surface area contributed by atoms with Crippen LogP contribution in [0.3, 0.4) is 0 Å². The molecule has 12 heavy (non-hydrogen) atoms. The Morgan fingerprint density at radius 1 is 1.75 bits per heavy atom. The third kappa shape index (κ3) is 2.73. The monoisotopic (exact) mass is 205 g/mol. The van der Waals surface area contributed by atoms with E-state index in [1.54, 1.807) is 18.4 Å². The lowest BCUT2D eigenvalue weighted by Crippen LogP contribution is -2.08. The second-order valence-corrected chi connectivity index (χ2v) is 3.83. The molecule has 2 nitrogen and oxygen atoms in total. The smallest absolute Gasteiger partial charge is 0.0954 e. The molecule has 0 aliphatic heterocycles. The molecule has 1 aromatic heterocycles. The van der Waals surface area contributed by atoms with Crippen molar-refractivity contribution in [1.82, 2.24) is 4.98 Å². The summed E-state index contributed by atoms with van der Waals surface area (Å²) >= 11 is 7.27. The van der Waals surface area contributed by atoms with Crippen LogP contribution in [0.1, 0.15) is 17.6 Å². The number of hydrogen-bond donors (Lipinski definition) is 0. The van der Waals surface area contributed by atoms with Gasteiger partial charge in [0, 0.05) is 18.9 Å². The van der Waals surface area contributed by atoms with E-state index in [-0.39, 0.29) is 6.10 Å². The molecule has 0 aliphatic rings. The minimum Gasteiger partial charge on any atom is -0.381 e. The van der Waals surface area contributed by atoms with Crippen molar-refractivity contribution in [3.8, 4) is 0 Å². The SMILES string of the molecule is COC(C)Cc1nc(CCl)cs1. The number of alkyl halides is 1. The van der Waals surface area contributed by atoms with E-state index >= 15 is 0 Å². The lowest BCUT2D eigenvalue weighted by atomic mass is 10.3. The van der Waals surface area contributed by atoms with E-state index in [1.165, 1.54) is 0 Å². The van der Waals surface area contributed by atoms with Crippen LogP contribution < -0.4 is 0 Å². The molecule has 1 atom stereocenters. The zero-order chi connectivity index (χ0) is 8.97. The Morgan fingerprint density at radius 2 is 2.50 bits per heavy atom. The normalized spacial score (nSPS) is 13.2. The lowest BCUT2D eigenvalue weighted by Gasteiger charge is -2.05. The molecule has 0 saturated heterocycles. The molecule has 0 amide bonds. The maximum absolute atomic E-state index is 5.62. The third-order valence-electron chi connectivity index (χ3n) is 1.60. The van der Waals surface area contributed by atoms with Gasteiger partial charge in [-0.25, -0.2) is 4.98 Å². The van der Waals surface area contributed by atoms with Crippen LogP contribution in [0.2, 0.25) is 0 Å². The highest BCUT2D eigenvalue weighted by Crippen LogP contribution is 2.13. The number of hydrogen-bond acceptors (Lipinski definition) is 3. The average molecular weight is 206 g/mol. The molecule has 0 aromatic carbocycles. The first-order chi connectivity index (χ1) is 5.76. The molecule has 0 radical (unpaired) electrons. The predicted octanol–water partition coefficient (Wildman–Crippen LogP) is 2.46. The fourth-order valence-corrected chi connectivity index (χ4v) is 1.97. The minimum atomic E-state index is 0.235. The minimum absolute atomic E-state index is 0.235. The maximum Gasteiger partial charge on any atom is 0.0954 e. The summed E-state index contributed by atoms with van der Waals surface area (Å²) in [6.45, 7) is 2.03. The van der Waals surface area contributed by atoms with Gasteiger partial charge in [0.1, 0.15) is 0 Å². The van der Waals surface area contributed by atoms with Crippen LogP contribution in [0.15, 0.2) is 5.38 Å². The van der Waals surface area contributed by atoms with Gasteiger partial charge in [-0.3, -0.25) is 0 Å². The van der Waals surface area contributed by atoms with Crippen LogP contribution in [0.4, 0.5) is 0 Å². The molecule has 0 saturated carbocycles. The molecular weight excluding hydrogens is 194 g/mol. The molecule has 0 N–H and O–H groups in total. The van der Waals surface area contributed by atoms with Gasteiger partial charge in [-0.05, 0) is 6.92 Å². The molecule has 0 spiro atoms. The van der Waals surface area contributed by atoms with Crippen molar-refractivity contribution >= 4 is 22.9 Å². The molecule has 1 aromatic rings.